The summed E-state index contributed by atoms with van der Waals surface area (Å²) >= 11 is 0. The lowest BCUT2D eigenvalue weighted by atomic mass is 9.86. The van der Waals surface area contributed by atoms with Gasteiger partial charge in [-0.1, -0.05) is 17.7 Å². The first-order valence-electron chi connectivity index (χ1n) is 11.2. The molecule has 12 heteroatoms. The number of nitrogens with zero attached hydrogens (tertiary/aromatic N) is 1. The molecule has 1 aromatic heterocycles. The van der Waals surface area contributed by atoms with Crippen molar-refractivity contribution in [1.82, 2.24) is 25.7 Å². The molecular formula is C23H31N5O6S. The Hall–Kier alpha value is -3.22. The van der Waals surface area contributed by atoms with Gasteiger partial charge in [0.05, 0.1) is 19.1 Å². The zero-order valence-electron chi connectivity index (χ0n) is 20.0. The Morgan fingerprint density at radius 1 is 1.03 bits per heavy atom. The summed E-state index contributed by atoms with van der Waals surface area (Å²) in [5.74, 6) is -0.519. The molecule has 35 heavy (non-hydrogen) atoms. The van der Waals surface area contributed by atoms with E-state index in [1.165, 1.54) is 38.5 Å². The third-order valence-corrected chi connectivity index (χ3v) is 7.24. The van der Waals surface area contributed by atoms with Gasteiger partial charge in [-0.3, -0.25) is 9.59 Å². The molecule has 0 aliphatic carbocycles. The molecule has 0 saturated carbocycles. The standard InChI is InChI=1S/C23H31N5O6S/c1-16-4-6-17(7-5-16)35(31,32)26-15-14-25-22(30)23(10-12-24-13-11-23)28-20(29)18-8-9-19(33-2)27-21(18)34-3/h4-9,24,26H,10-15H2,1-3H3,(H,25,30)(H,28,29). The second kappa shape index (κ2) is 11.5. The average Bonchev–Trinajstić information content (AvgIpc) is 2.86. The Morgan fingerprint density at radius 3 is 2.34 bits per heavy atom. The van der Waals surface area contributed by atoms with Crippen molar-refractivity contribution in [3.05, 3.63) is 47.5 Å². The zero-order valence-corrected chi connectivity index (χ0v) is 20.8. The van der Waals surface area contributed by atoms with Gasteiger partial charge in [0.2, 0.25) is 27.7 Å². The van der Waals surface area contributed by atoms with E-state index in [9.17, 15) is 18.0 Å². The molecule has 4 N–H and O–H groups in total. The van der Waals surface area contributed by atoms with E-state index < -0.39 is 21.5 Å². The maximum atomic E-state index is 13.2. The van der Waals surface area contributed by atoms with Gasteiger partial charge in [0.15, 0.2) is 0 Å². The lowest BCUT2D eigenvalue weighted by Crippen LogP contribution is -2.63. The Kier molecular flexibility index (Phi) is 8.65. The molecule has 11 nitrogen and oxygen atoms in total. The third kappa shape index (κ3) is 6.47. The summed E-state index contributed by atoms with van der Waals surface area (Å²) in [6.07, 6.45) is 0.733. The number of carbonyl (C=O) groups excluding carboxylic acids is 2. The lowest BCUT2D eigenvalue weighted by molar-refractivity contribution is -0.128. The van der Waals surface area contributed by atoms with Gasteiger partial charge in [0.1, 0.15) is 11.1 Å². The van der Waals surface area contributed by atoms with Crippen LogP contribution in [0, 0.1) is 6.92 Å². The molecule has 0 atom stereocenters. The van der Waals surface area contributed by atoms with E-state index in [2.05, 4.69) is 25.7 Å². The predicted octanol–water partition coefficient (Wildman–Crippen LogP) is 0.354. The molecule has 0 radical (unpaired) electrons. The highest BCUT2D eigenvalue weighted by atomic mass is 32.2. The van der Waals surface area contributed by atoms with Crippen molar-refractivity contribution < 1.29 is 27.5 Å². The Bertz CT molecular complexity index is 1150. The van der Waals surface area contributed by atoms with Gasteiger partial charge >= 0.3 is 0 Å². The van der Waals surface area contributed by atoms with Crippen molar-refractivity contribution in [2.75, 3.05) is 40.4 Å². The zero-order chi connectivity index (χ0) is 25.5. The van der Waals surface area contributed by atoms with Crippen molar-refractivity contribution in [2.24, 2.45) is 0 Å². The van der Waals surface area contributed by atoms with Gasteiger partial charge < -0.3 is 25.4 Å². The largest absolute Gasteiger partial charge is 0.481 e. The summed E-state index contributed by atoms with van der Waals surface area (Å²) in [6, 6.07) is 9.54. The van der Waals surface area contributed by atoms with Gasteiger partial charge in [-0.2, -0.15) is 4.98 Å². The number of methoxy groups -OCH3 is 2. The normalized spacial score (nSPS) is 15.2. The molecule has 0 bridgehead atoms. The summed E-state index contributed by atoms with van der Waals surface area (Å²) < 4.78 is 37.7. The highest BCUT2D eigenvalue weighted by molar-refractivity contribution is 7.89. The highest BCUT2D eigenvalue weighted by Crippen LogP contribution is 2.23. The summed E-state index contributed by atoms with van der Waals surface area (Å²) in [5.41, 5.74) is -0.0400. The number of amides is 2. The molecule has 0 unspecified atom stereocenters. The van der Waals surface area contributed by atoms with Gasteiger partial charge in [-0.25, -0.2) is 13.1 Å². The molecular weight excluding hydrogens is 474 g/mol. The molecule has 2 heterocycles. The van der Waals surface area contributed by atoms with Crippen LogP contribution in [0.25, 0.3) is 0 Å². The van der Waals surface area contributed by atoms with Gasteiger partial charge in [-0.05, 0) is 51.1 Å². The van der Waals surface area contributed by atoms with Crippen LogP contribution in [0.1, 0.15) is 28.8 Å². The van der Waals surface area contributed by atoms with Crippen LogP contribution in [0.2, 0.25) is 0 Å². The number of aryl methyl sites for hydroxylation is 1. The van der Waals surface area contributed by atoms with E-state index in [-0.39, 0.29) is 35.3 Å². The number of sulfonamides is 1. The quantitative estimate of drug-likeness (QED) is 0.338. The highest BCUT2D eigenvalue weighted by Gasteiger charge is 2.41. The maximum Gasteiger partial charge on any atom is 0.257 e. The molecule has 0 spiro atoms. The van der Waals surface area contributed by atoms with Gasteiger partial charge in [-0.15, -0.1) is 0 Å². The second-order valence-electron chi connectivity index (χ2n) is 8.16. The van der Waals surface area contributed by atoms with Crippen molar-refractivity contribution in [3.63, 3.8) is 0 Å². The van der Waals surface area contributed by atoms with E-state index in [4.69, 9.17) is 9.47 Å². The molecule has 1 fully saturated rings. The van der Waals surface area contributed by atoms with Crippen LogP contribution in [-0.4, -0.2) is 71.2 Å². The number of rotatable bonds is 10. The molecule has 1 saturated heterocycles. The van der Waals surface area contributed by atoms with Crippen LogP contribution in [-0.2, 0) is 14.8 Å². The number of nitrogens with one attached hydrogen (secondary N) is 4. The minimum absolute atomic E-state index is 0.000445. The summed E-state index contributed by atoms with van der Waals surface area (Å²) in [7, 11) is -0.849. The maximum absolute atomic E-state index is 13.2. The van der Waals surface area contributed by atoms with Crippen LogP contribution in [0.3, 0.4) is 0 Å². The molecule has 3 rings (SSSR count). The van der Waals surface area contributed by atoms with Gasteiger partial charge in [0, 0.05) is 19.2 Å². The molecule has 2 aromatic rings. The summed E-state index contributed by atoms with van der Waals surface area (Å²) in [6.45, 7) is 3.00. The van der Waals surface area contributed by atoms with Gasteiger partial charge in [0.25, 0.3) is 5.91 Å². The van der Waals surface area contributed by atoms with Crippen molar-refractivity contribution >= 4 is 21.8 Å². The molecule has 2 amide bonds. The first-order valence-corrected chi connectivity index (χ1v) is 12.7. The number of hydrogen-bond acceptors (Lipinski definition) is 8. The smallest absolute Gasteiger partial charge is 0.257 e. The monoisotopic (exact) mass is 505 g/mol. The fraction of sp³-hybridized carbons (Fsp3) is 0.435. The Labute approximate surface area is 205 Å². The fourth-order valence-electron chi connectivity index (χ4n) is 3.74. The van der Waals surface area contributed by atoms with E-state index in [0.29, 0.717) is 31.8 Å². The van der Waals surface area contributed by atoms with Crippen LogP contribution in [0.5, 0.6) is 11.8 Å². The first kappa shape index (κ1) is 26.4. The number of aromatic nitrogens is 1. The number of carbonyl (C=O) groups is 2. The van der Waals surface area contributed by atoms with E-state index in [1.54, 1.807) is 12.1 Å². The van der Waals surface area contributed by atoms with E-state index in [0.717, 1.165) is 5.56 Å². The first-order chi connectivity index (χ1) is 16.7. The van der Waals surface area contributed by atoms with Crippen molar-refractivity contribution in [1.29, 1.82) is 0 Å². The minimum Gasteiger partial charge on any atom is -0.481 e. The van der Waals surface area contributed by atoms with Crippen LogP contribution in [0.4, 0.5) is 0 Å². The van der Waals surface area contributed by atoms with E-state index in [1.807, 2.05) is 6.92 Å². The topological polar surface area (TPSA) is 148 Å². The fourth-order valence-corrected chi connectivity index (χ4v) is 4.78. The molecule has 1 aliphatic rings. The van der Waals surface area contributed by atoms with Crippen molar-refractivity contribution in [3.8, 4) is 11.8 Å². The van der Waals surface area contributed by atoms with Crippen LogP contribution >= 0.6 is 0 Å². The number of piperidine rings is 1. The Morgan fingerprint density at radius 2 is 1.71 bits per heavy atom. The third-order valence-electron chi connectivity index (χ3n) is 5.76. The SMILES string of the molecule is COc1ccc(C(=O)NC2(C(=O)NCCNS(=O)(=O)c3ccc(C)cc3)CCNCC2)c(OC)n1. The van der Waals surface area contributed by atoms with Crippen LogP contribution < -0.4 is 30.1 Å². The average molecular weight is 506 g/mol. The molecule has 1 aromatic carbocycles. The van der Waals surface area contributed by atoms with Crippen LogP contribution in [0.15, 0.2) is 41.3 Å². The Balaban J connectivity index is 1.65. The number of benzene rings is 1. The van der Waals surface area contributed by atoms with E-state index >= 15 is 0 Å². The predicted molar refractivity (Wildman–Crippen MR) is 129 cm³/mol. The number of hydrogen-bond donors (Lipinski definition) is 4. The number of ether oxygens (including phenoxy) is 2. The second-order valence-corrected chi connectivity index (χ2v) is 9.93. The number of pyridine rings is 1. The van der Waals surface area contributed by atoms with Crippen molar-refractivity contribution in [2.45, 2.75) is 30.2 Å². The molecule has 1 aliphatic heterocycles. The summed E-state index contributed by atoms with van der Waals surface area (Å²) in [4.78, 5) is 30.5. The summed E-state index contributed by atoms with van der Waals surface area (Å²) in [5, 5.41) is 8.79. The molecule has 190 valence electrons. The lowest BCUT2D eigenvalue weighted by Gasteiger charge is -2.37. The minimum atomic E-state index is -3.70.